The number of rotatable bonds is 3. The highest BCUT2D eigenvalue weighted by atomic mass is 16.8. The number of hydroxylamine groups is 2. The molecule has 1 fully saturated rings. The lowest BCUT2D eigenvalue weighted by atomic mass is 10.4. The van der Waals surface area contributed by atoms with Gasteiger partial charge in [-0.25, -0.2) is 4.79 Å². The van der Waals surface area contributed by atoms with E-state index in [-0.39, 0.29) is 19.4 Å². The number of nitrogens with zero attached hydrogens (tertiary/aromatic N) is 1. The first-order valence-corrected chi connectivity index (χ1v) is 4.50. The van der Waals surface area contributed by atoms with Crippen LogP contribution in [0.25, 0.3) is 0 Å². The van der Waals surface area contributed by atoms with Gasteiger partial charge in [0, 0.05) is 12.8 Å². The molecule has 0 radical (unpaired) electrons. The van der Waals surface area contributed by atoms with Crippen LogP contribution in [0.2, 0.25) is 0 Å². The van der Waals surface area contributed by atoms with Gasteiger partial charge in [-0.1, -0.05) is 6.92 Å². The zero-order chi connectivity index (χ0) is 10.6. The molecule has 1 aliphatic heterocycles. The number of hydrogen-bond acceptors (Lipinski definition) is 5. The predicted molar refractivity (Wildman–Crippen MR) is 44.8 cm³/mol. The molecule has 80 valence electrons. The van der Waals surface area contributed by atoms with E-state index >= 15 is 0 Å². The van der Waals surface area contributed by atoms with Crippen LogP contribution >= 0.6 is 0 Å². The van der Waals surface area contributed by atoms with Crippen LogP contribution < -0.4 is 0 Å². The van der Waals surface area contributed by atoms with Crippen LogP contribution in [0.15, 0.2) is 0 Å². The summed E-state index contributed by atoms with van der Waals surface area (Å²) in [6.07, 6.45) is -0.869. The Hall–Kier alpha value is -1.30. The van der Waals surface area contributed by atoms with Gasteiger partial charge in [-0.3, -0.25) is 4.79 Å². The Balaban J connectivity index is 2.35. The summed E-state index contributed by atoms with van der Waals surface area (Å²) in [7, 11) is 0. The molecule has 0 aromatic heterocycles. The third-order valence-corrected chi connectivity index (χ3v) is 1.73. The Labute approximate surface area is 81.3 Å². The number of carbonyl (C=O) groups is 2. The molecule has 1 atom stereocenters. The monoisotopic (exact) mass is 203 g/mol. The molecule has 6 heteroatoms. The summed E-state index contributed by atoms with van der Waals surface area (Å²) >= 11 is 0. The molecular weight excluding hydrogens is 190 g/mol. The summed E-state index contributed by atoms with van der Waals surface area (Å²) in [4.78, 5) is 26.4. The second kappa shape index (κ2) is 4.80. The van der Waals surface area contributed by atoms with Gasteiger partial charge in [-0.05, 0) is 6.42 Å². The molecule has 1 N–H and O–H groups in total. The van der Waals surface area contributed by atoms with Crippen molar-refractivity contribution in [1.82, 2.24) is 5.06 Å². The molecule has 0 aromatic carbocycles. The quantitative estimate of drug-likeness (QED) is 0.672. The lowest BCUT2D eigenvalue weighted by molar-refractivity contribution is -0.199. The third-order valence-electron chi connectivity index (χ3n) is 1.73. The second-order valence-electron chi connectivity index (χ2n) is 2.93. The first-order valence-electron chi connectivity index (χ1n) is 4.50. The minimum Gasteiger partial charge on any atom is -0.433 e. The van der Waals surface area contributed by atoms with Crippen molar-refractivity contribution in [2.75, 3.05) is 6.61 Å². The van der Waals surface area contributed by atoms with Crippen molar-refractivity contribution < 1.29 is 24.3 Å². The van der Waals surface area contributed by atoms with E-state index in [9.17, 15) is 14.7 Å². The number of amides is 1. The van der Waals surface area contributed by atoms with Crippen molar-refractivity contribution >= 4 is 12.1 Å². The molecule has 1 saturated heterocycles. The molecule has 1 aliphatic rings. The maximum absolute atomic E-state index is 11.0. The molecule has 0 spiro atoms. The van der Waals surface area contributed by atoms with Crippen molar-refractivity contribution in [2.45, 2.75) is 32.4 Å². The van der Waals surface area contributed by atoms with Gasteiger partial charge in [0.05, 0.1) is 6.61 Å². The fraction of sp³-hybridized carbons (Fsp3) is 0.750. The third kappa shape index (κ3) is 2.59. The normalized spacial score (nSPS) is 21.1. The lowest BCUT2D eigenvalue weighted by Gasteiger charge is -2.17. The van der Waals surface area contributed by atoms with Gasteiger partial charge in [0.25, 0.3) is 5.91 Å². The summed E-state index contributed by atoms with van der Waals surface area (Å²) in [6.45, 7) is 2.07. The average Bonchev–Trinajstić information content (AvgIpc) is 2.46. The van der Waals surface area contributed by atoms with Crippen molar-refractivity contribution in [3.8, 4) is 0 Å². The summed E-state index contributed by atoms with van der Waals surface area (Å²) < 4.78 is 4.58. The van der Waals surface area contributed by atoms with Crippen LogP contribution in [0.1, 0.15) is 26.2 Å². The molecule has 0 aliphatic carbocycles. The zero-order valence-corrected chi connectivity index (χ0v) is 7.93. The maximum atomic E-state index is 11.0. The molecule has 1 amide bonds. The molecular formula is C8H13NO5. The Morgan fingerprint density at radius 3 is 2.93 bits per heavy atom. The highest BCUT2D eigenvalue weighted by Crippen LogP contribution is 2.16. The highest BCUT2D eigenvalue weighted by molar-refractivity contribution is 5.78. The minimum atomic E-state index is -1.04. The fourth-order valence-corrected chi connectivity index (χ4v) is 1.05. The van der Waals surface area contributed by atoms with Crippen molar-refractivity contribution in [2.24, 2.45) is 0 Å². The molecule has 0 bridgehead atoms. The fourth-order valence-electron chi connectivity index (χ4n) is 1.05. The van der Waals surface area contributed by atoms with Gasteiger partial charge in [0.1, 0.15) is 0 Å². The Morgan fingerprint density at radius 2 is 2.43 bits per heavy atom. The number of ether oxygens (including phenoxy) is 1. The molecule has 14 heavy (non-hydrogen) atoms. The van der Waals surface area contributed by atoms with Gasteiger partial charge in [-0.15, -0.1) is 5.06 Å². The number of aliphatic hydroxyl groups excluding tert-OH is 1. The van der Waals surface area contributed by atoms with Crippen molar-refractivity contribution in [3.05, 3.63) is 0 Å². The summed E-state index contributed by atoms with van der Waals surface area (Å²) in [5.41, 5.74) is 0. The van der Waals surface area contributed by atoms with Gasteiger partial charge < -0.3 is 14.7 Å². The van der Waals surface area contributed by atoms with E-state index < -0.39 is 18.3 Å². The summed E-state index contributed by atoms with van der Waals surface area (Å²) in [6, 6.07) is 0. The predicted octanol–water partition coefficient (Wildman–Crippen LogP) is 0.405. The summed E-state index contributed by atoms with van der Waals surface area (Å²) in [5, 5.41) is 9.86. The lowest BCUT2D eigenvalue weighted by Crippen LogP contribution is -2.35. The molecule has 0 saturated carbocycles. The Morgan fingerprint density at radius 1 is 1.71 bits per heavy atom. The number of hydrogen-bond donors (Lipinski definition) is 1. The summed E-state index contributed by atoms with van der Waals surface area (Å²) in [5.74, 6) is -0.411. The van der Waals surface area contributed by atoms with E-state index in [1.165, 1.54) is 0 Å². The van der Waals surface area contributed by atoms with E-state index in [1.54, 1.807) is 0 Å². The minimum absolute atomic E-state index is 0.183. The van der Waals surface area contributed by atoms with E-state index in [0.29, 0.717) is 11.5 Å². The first kappa shape index (κ1) is 10.8. The average molecular weight is 203 g/mol. The van der Waals surface area contributed by atoms with Crippen LogP contribution in [0.4, 0.5) is 4.79 Å². The van der Waals surface area contributed by atoms with Gasteiger partial charge >= 0.3 is 6.16 Å². The van der Waals surface area contributed by atoms with Gasteiger partial charge in [0.2, 0.25) is 0 Å². The second-order valence-corrected chi connectivity index (χ2v) is 2.93. The molecule has 1 unspecified atom stereocenters. The van der Waals surface area contributed by atoms with E-state index in [2.05, 4.69) is 9.57 Å². The largest absolute Gasteiger partial charge is 0.533 e. The Bertz CT molecular complexity index is 230. The maximum Gasteiger partial charge on any atom is 0.533 e. The standard InChI is InChI=1S/C8H13NO5/c1-2-5-13-8(12)14-9-6(10)3-4-7(9)11/h6,10H,2-5H2,1H3. The number of aliphatic hydroxyl groups is 1. The molecule has 6 nitrogen and oxygen atoms in total. The van der Waals surface area contributed by atoms with E-state index in [4.69, 9.17) is 0 Å². The van der Waals surface area contributed by atoms with Gasteiger partial charge in [-0.2, -0.15) is 0 Å². The van der Waals surface area contributed by atoms with Crippen LogP contribution in [0.3, 0.4) is 0 Å². The SMILES string of the molecule is CCCOC(=O)ON1C(=O)CCC1O. The van der Waals surface area contributed by atoms with Crippen LogP contribution in [0.5, 0.6) is 0 Å². The Kier molecular flexibility index (Phi) is 3.70. The van der Waals surface area contributed by atoms with E-state index in [0.717, 1.165) is 0 Å². The number of carbonyl (C=O) groups excluding carboxylic acids is 2. The molecule has 0 aromatic rings. The van der Waals surface area contributed by atoms with Gasteiger partial charge in [0.15, 0.2) is 6.23 Å². The van der Waals surface area contributed by atoms with E-state index in [1.807, 2.05) is 6.92 Å². The first-order chi connectivity index (χ1) is 6.65. The molecule has 1 rings (SSSR count). The van der Waals surface area contributed by atoms with Crippen LogP contribution in [-0.2, 0) is 14.4 Å². The smallest absolute Gasteiger partial charge is 0.433 e. The topological polar surface area (TPSA) is 76.1 Å². The van der Waals surface area contributed by atoms with Crippen molar-refractivity contribution in [3.63, 3.8) is 0 Å². The van der Waals surface area contributed by atoms with Crippen LogP contribution in [-0.4, -0.2) is 35.1 Å². The van der Waals surface area contributed by atoms with Crippen LogP contribution in [0, 0.1) is 0 Å². The van der Waals surface area contributed by atoms with Crippen molar-refractivity contribution in [1.29, 1.82) is 0 Å². The zero-order valence-electron chi connectivity index (χ0n) is 7.93. The molecule has 1 heterocycles. The highest BCUT2D eigenvalue weighted by Gasteiger charge is 2.33.